The summed E-state index contributed by atoms with van der Waals surface area (Å²) in [5.41, 5.74) is -1.07. The van der Waals surface area contributed by atoms with Crippen molar-refractivity contribution in [1.82, 2.24) is 25.0 Å². The minimum Gasteiger partial charge on any atom is -0.451 e. The van der Waals surface area contributed by atoms with Gasteiger partial charge in [0.05, 0.1) is 6.54 Å². The standard InChI is InChI=1S/C16H14FN5O3/c17-16(15-20-13(21-25-15)11-2-5-18-6-3-11)4-1-7-22(9-16)14(23)12-8-24-10-19-12/h2-3,5-6,8,10H,1,4,7,9H2. The summed E-state index contributed by atoms with van der Waals surface area (Å²) < 4.78 is 25.4. The van der Waals surface area contributed by atoms with E-state index in [0.717, 1.165) is 0 Å². The molecule has 0 N–H and O–H groups in total. The van der Waals surface area contributed by atoms with Gasteiger partial charge >= 0.3 is 0 Å². The van der Waals surface area contributed by atoms with Gasteiger partial charge in [-0.05, 0) is 25.0 Å². The fraction of sp³-hybridized carbons (Fsp3) is 0.312. The first-order valence-corrected chi connectivity index (χ1v) is 7.77. The van der Waals surface area contributed by atoms with Crippen molar-refractivity contribution in [2.45, 2.75) is 18.5 Å². The maximum Gasteiger partial charge on any atom is 0.275 e. The van der Waals surface area contributed by atoms with Crippen LogP contribution in [-0.2, 0) is 5.67 Å². The molecule has 0 aliphatic carbocycles. The fourth-order valence-corrected chi connectivity index (χ4v) is 2.86. The SMILES string of the molecule is O=C(c1cocn1)N1CCCC(F)(c2nc(-c3ccncc3)no2)C1. The monoisotopic (exact) mass is 343 g/mol. The van der Waals surface area contributed by atoms with Crippen molar-refractivity contribution in [2.24, 2.45) is 0 Å². The highest BCUT2D eigenvalue weighted by atomic mass is 19.1. The van der Waals surface area contributed by atoms with E-state index in [1.54, 1.807) is 24.5 Å². The van der Waals surface area contributed by atoms with Crippen LogP contribution in [0.25, 0.3) is 11.4 Å². The number of rotatable bonds is 3. The molecular weight excluding hydrogens is 329 g/mol. The average Bonchev–Trinajstić information content (AvgIpc) is 3.34. The van der Waals surface area contributed by atoms with Gasteiger partial charge in [0.25, 0.3) is 11.8 Å². The van der Waals surface area contributed by atoms with Crippen molar-refractivity contribution in [3.63, 3.8) is 0 Å². The lowest BCUT2D eigenvalue weighted by Crippen LogP contribution is -2.46. The Morgan fingerprint density at radius 3 is 2.92 bits per heavy atom. The fourth-order valence-electron chi connectivity index (χ4n) is 2.86. The largest absolute Gasteiger partial charge is 0.451 e. The second-order valence-corrected chi connectivity index (χ2v) is 5.83. The van der Waals surface area contributed by atoms with E-state index in [9.17, 15) is 4.79 Å². The van der Waals surface area contributed by atoms with Gasteiger partial charge in [-0.1, -0.05) is 5.16 Å². The van der Waals surface area contributed by atoms with Gasteiger partial charge in [-0.3, -0.25) is 9.78 Å². The van der Waals surface area contributed by atoms with Gasteiger partial charge in [-0.25, -0.2) is 9.37 Å². The average molecular weight is 343 g/mol. The number of halogens is 1. The Morgan fingerprint density at radius 1 is 1.32 bits per heavy atom. The molecule has 1 aliphatic rings. The number of piperidine rings is 1. The molecule has 0 saturated carbocycles. The lowest BCUT2D eigenvalue weighted by molar-refractivity contribution is 0.0149. The first-order valence-electron chi connectivity index (χ1n) is 7.77. The molecule has 1 amide bonds. The molecule has 3 aromatic rings. The second kappa shape index (κ2) is 6.08. The summed E-state index contributed by atoms with van der Waals surface area (Å²) in [6, 6.07) is 3.42. The van der Waals surface area contributed by atoms with E-state index in [4.69, 9.17) is 8.94 Å². The highest BCUT2D eigenvalue weighted by Crippen LogP contribution is 2.35. The maximum absolute atomic E-state index is 15.4. The van der Waals surface area contributed by atoms with Gasteiger partial charge in [-0.2, -0.15) is 4.98 Å². The van der Waals surface area contributed by atoms with Crippen LogP contribution in [0.15, 0.2) is 46.1 Å². The molecule has 128 valence electrons. The molecule has 0 aromatic carbocycles. The predicted molar refractivity (Wildman–Crippen MR) is 82.0 cm³/mol. The molecule has 3 aromatic heterocycles. The molecule has 1 fully saturated rings. The summed E-state index contributed by atoms with van der Waals surface area (Å²) in [5, 5.41) is 3.84. The summed E-state index contributed by atoms with van der Waals surface area (Å²) in [4.78, 5) is 25.7. The molecule has 4 rings (SSSR count). The zero-order valence-corrected chi connectivity index (χ0v) is 13.1. The highest BCUT2D eigenvalue weighted by molar-refractivity contribution is 5.92. The van der Waals surface area contributed by atoms with E-state index < -0.39 is 5.67 Å². The predicted octanol–water partition coefficient (Wildman–Crippen LogP) is 2.22. The zero-order chi connectivity index (χ0) is 17.3. The number of carbonyl (C=O) groups is 1. The van der Waals surface area contributed by atoms with Crippen molar-refractivity contribution in [2.75, 3.05) is 13.1 Å². The van der Waals surface area contributed by atoms with Gasteiger partial charge in [-0.15, -0.1) is 0 Å². The number of hydrogen-bond donors (Lipinski definition) is 0. The molecule has 0 radical (unpaired) electrons. The van der Waals surface area contributed by atoms with E-state index in [0.29, 0.717) is 18.5 Å². The first-order chi connectivity index (χ1) is 12.2. The summed E-state index contributed by atoms with van der Waals surface area (Å²) in [7, 11) is 0. The van der Waals surface area contributed by atoms with Crippen molar-refractivity contribution < 1.29 is 18.1 Å². The Hall–Kier alpha value is -3.10. The minimum absolute atomic E-state index is 0.128. The van der Waals surface area contributed by atoms with Gasteiger partial charge in [0.15, 0.2) is 12.1 Å². The van der Waals surface area contributed by atoms with Crippen LogP contribution >= 0.6 is 0 Å². The molecule has 8 nitrogen and oxygen atoms in total. The number of alkyl halides is 1. The number of hydrogen-bond acceptors (Lipinski definition) is 7. The quantitative estimate of drug-likeness (QED) is 0.719. The Bertz CT molecular complexity index is 867. The lowest BCUT2D eigenvalue weighted by atomic mass is 9.94. The van der Waals surface area contributed by atoms with E-state index in [-0.39, 0.29) is 36.3 Å². The van der Waals surface area contributed by atoms with Crippen LogP contribution in [0, 0.1) is 0 Å². The van der Waals surface area contributed by atoms with Crippen LogP contribution in [0.4, 0.5) is 4.39 Å². The minimum atomic E-state index is -1.89. The van der Waals surface area contributed by atoms with Crippen molar-refractivity contribution in [3.8, 4) is 11.4 Å². The number of oxazole rings is 1. The van der Waals surface area contributed by atoms with Crippen molar-refractivity contribution >= 4 is 5.91 Å². The summed E-state index contributed by atoms with van der Waals surface area (Å²) in [5.74, 6) is -0.226. The molecule has 1 saturated heterocycles. The highest BCUT2D eigenvalue weighted by Gasteiger charge is 2.44. The van der Waals surface area contributed by atoms with Gasteiger partial charge < -0.3 is 13.8 Å². The number of amides is 1. The van der Waals surface area contributed by atoms with Gasteiger partial charge in [0.1, 0.15) is 6.26 Å². The van der Waals surface area contributed by atoms with Crippen LogP contribution in [0.3, 0.4) is 0 Å². The topological polar surface area (TPSA) is 98.2 Å². The third-order valence-electron chi connectivity index (χ3n) is 4.13. The van der Waals surface area contributed by atoms with Crippen LogP contribution in [0.1, 0.15) is 29.2 Å². The Balaban J connectivity index is 1.57. The van der Waals surface area contributed by atoms with Crippen LogP contribution < -0.4 is 0 Å². The van der Waals surface area contributed by atoms with Crippen molar-refractivity contribution in [3.05, 3.63) is 48.8 Å². The third-order valence-corrected chi connectivity index (χ3v) is 4.13. The Labute approximate surface area is 141 Å². The summed E-state index contributed by atoms with van der Waals surface area (Å²) >= 11 is 0. The number of likely N-dealkylation sites (tertiary alicyclic amines) is 1. The third kappa shape index (κ3) is 2.88. The van der Waals surface area contributed by atoms with Gasteiger partial charge in [0.2, 0.25) is 11.5 Å². The van der Waals surface area contributed by atoms with E-state index >= 15 is 4.39 Å². The molecule has 4 heterocycles. The molecule has 0 spiro atoms. The molecule has 0 bridgehead atoms. The van der Waals surface area contributed by atoms with Crippen LogP contribution in [-0.4, -0.2) is 44.0 Å². The molecule has 9 heteroatoms. The number of aromatic nitrogens is 4. The number of carbonyl (C=O) groups excluding carboxylic acids is 1. The van der Waals surface area contributed by atoms with Crippen LogP contribution in [0.5, 0.6) is 0 Å². The maximum atomic E-state index is 15.4. The molecule has 1 aliphatic heterocycles. The van der Waals surface area contributed by atoms with Crippen molar-refractivity contribution in [1.29, 1.82) is 0 Å². The van der Waals surface area contributed by atoms with Gasteiger partial charge in [0, 0.05) is 24.5 Å². The zero-order valence-electron chi connectivity index (χ0n) is 13.1. The first kappa shape index (κ1) is 15.4. The number of pyridine rings is 1. The van der Waals surface area contributed by atoms with E-state index in [2.05, 4.69) is 20.1 Å². The molecule has 1 atom stereocenters. The lowest BCUT2D eigenvalue weighted by Gasteiger charge is -2.34. The Morgan fingerprint density at radius 2 is 2.16 bits per heavy atom. The molecule has 1 unspecified atom stereocenters. The number of nitrogens with zero attached hydrogens (tertiary/aromatic N) is 5. The van der Waals surface area contributed by atoms with E-state index in [1.807, 2.05) is 0 Å². The summed E-state index contributed by atoms with van der Waals surface area (Å²) in [6.07, 6.45) is 6.27. The van der Waals surface area contributed by atoms with Crippen LogP contribution in [0.2, 0.25) is 0 Å². The smallest absolute Gasteiger partial charge is 0.275 e. The Kier molecular flexibility index (Phi) is 3.75. The molecular formula is C16H14FN5O3. The second-order valence-electron chi connectivity index (χ2n) is 5.83. The molecule has 25 heavy (non-hydrogen) atoms. The summed E-state index contributed by atoms with van der Waals surface area (Å²) in [6.45, 7) is 0.263. The normalized spacial score (nSPS) is 20.6. The van der Waals surface area contributed by atoms with E-state index in [1.165, 1.54) is 17.6 Å².